The normalized spacial score (nSPS) is 12.0. The lowest BCUT2D eigenvalue weighted by atomic mass is 9.96. The summed E-state index contributed by atoms with van der Waals surface area (Å²) in [7, 11) is 0. The smallest absolute Gasteiger partial charge is 0.354 e. The Morgan fingerprint density at radius 1 is 1.21 bits per heavy atom. The highest BCUT2D eigenvalue weighted by molar-refractivity contribution is 6.30. The first-order chi connectivity index (χ1) is 10.8. The van der Waals surface area contributed by atoms with E-state index in [1.165, 1.54) is 13.0 Å². The Balaban J connectivity index is 3.02. The third-order valence-corrected chi connectivity index (χ3v) is 3.47. The molecule has 0 saturated carbocycles. The second kappa shape index (κ2) is 7.42. The SMILES string of the molecule is CC(=O)N(CCNC(=O)C(C)(C)C)c1ccc(Cl)cc1C(F)(F)F. The zero-order valence-electron chi connectivity index (χ0n) is 13.9. The molecule has 8 heteroatoms. The third-order valence-electron chi connectivity index (χ3n) is 3.24. The number of hydrogen-bond donors (Lipinski definition) is 1. The number of alkyl halides is 3. The summed E-state index contributed by atoms with van der Waals surface area (Å²) in [6.07, 6.45) is -4.65. The van der Waals surface area contributed by atoms with E-state index >= 15 is 0 Å². The molecule has 1 aromatic rings. The average Bonchev–Trinajstić information content (AvgIpc) is 2.41. The fraction of sp³-hybridized carbons (Fsp3) is 0.500. The first kappa shape index (κ1) is 20.3. The lowest BCUT2D eigenvalue weighted by molar-refractivity contribution is -0.137. The van der Waals surface area contributed by atoms with Gasteiger partial charge in [0.2, 0.25) is 11.8 Å². The van der Waals surface area contributed by atoms with Crippen LogP contribution in [0.4, 0.5) is 18.9 Å². The Hall–Kier alpha value is -1.76. The molecular weight excluding hydrogens is 345 g/mol. The molecule has 1 N–H and O–H groups in total. The molecule has 1 aromatic carbocycles. The molecule has 0 fully saturated rings. The Kier molecular flexibility index (Phi) is 6.27. The minimum absolute atomic E-state index is 0.0373. The van der Waals surface area contributed by atoms with Crippen LogP contribution in [0.25, 0.3) is 0 Å². The maximum absolute atomic E-state index is 13.2. The van der Waals surface area contributed by atoms with Gasteiger partial charge >= 0.3 is 6.18 Å². The van der Waals surface area contributed by atoms with Gasteiger partial charge in [0, 0.05) is 30.5 Å². The Morgan fingerprint density at radius 2 is 1.79 bits per heavy atom. The van der Waals surface area contributed by atoms with E-state index in [0.717, 1.165) is 17.0 Å². The van der Waals surface area contributed by atoms with E-state index in [-0.39, 0.29) is 29.7 Å². The minimum atomic E-state index is -4.65. The summed E-state index contributed by atoms with van der Waals surface area (Å²) in [5.41, 5.74) is -1.91. The van der Waals surface area contributed by atoms with Crippen molar-refractivity contribution in [2.75, 3.05) is 18.0 Å². The van der Waals surface area contributed by atoms with E-state index < -0.39 is 23.1 Å². The van der Waals surface area contributed by atoms with Gasteiger partial charge in [0.05, 0.1) is 11.3 Å². The molecule has 0 aliphatic heterocycles. The molecule has 0 aliphatic rings. The molecule has 0 bridgehead atoms. The molecule has 24 heavy (non-hydrogen) atoms. The summed E-state index contributed by atoms with van der Waals surface area (Å²) < 4.78 is 39.6. The average molecular weight is 365 g/mol. The predicted molar refractivity (Wildman–Crippen MR) is 86.9 cm³/mol. The lowest BCUT2D eigenvalue weighted by Gasteiger charge is -2.26. The molecule has 0 spiro atoms. The summed E-state index contributed by atoms with van der Waals surface area (Å²) >= 11 is 5.64. The van der Waals surface area contributed by atoms with E-state index in [0.29, 0.717) is 0 Å². The van der Waals surface area contributed by atoms with Gasteiger partial charge in [-0.1, -0.05) is 32.4 Å². The van der Waals surface area contributed by atoms with Crippen molar-refractivity contribution in [2.24, 2.45) is 5.41 Å². The maximum atomic E-state index is 13.2. The van der Waals surface area contributed by atoms with Crippen LogP contribution in [0.5, 0.6) is 0 Å². The van der Waals surface area contributed by atoms with Crippen LogP contribution in [-0.2, 0) is 15.8 Å². The van der Waals surface area contributed by atoms with Gasteiger partial charge in [-0.25, -0.2) is 0 Å². The Bertz CT molecular complexity index is 625. The second-order valence-electron chi connectivity index (χ2n) is 6.34. The van der Waals surface area contributed by atoms with Gasteiger partial charge in [0.25, 0.3) is 0 Å². The van der Waals surface area contributed by atoms with Gasteiger partial charge in [-0.15, -0.1) is 0 Å². The summed E-state index contributed by atoms with van der Waals surface area (Å²) in [6, 6.07) is 3.22. The summed E-state index contributed by atoms with van der Waals surface area (Å²) in [5, 5.41) is 2.53. The largest absolute Gasteiger partial charge is 0.418 e. The molecule has 0 saturated heterocycles. The molecule has 0 radical (unpaired) electrons. The van der Waals surface area contributed by atoms with Crippen molar-refractivity contribution in [3.8, 4) is 0 Å². The quantitative estimate of drug-likeness (QED) is 0.881. The molecule has 2 amide bonds. The maximum Gasteiger partial charge on any atom is 0.418 e. The molecule has 134 valence electrons. The Morgan fingerprint density at radius 3 is 2.25 bits per heavy atom. The highest BCUT2D eigenvalue weighted by atomic mass is 35.5. The summed E-state index contributed by atoms with van der Waals surface area (Å²) in [5.74, 6) is -0.814. The first-order valence-electron chi connectivity index (χ1n) is 7.27. The van der Waals surface area contributed by atoms with Gasteiger partial charge in [-0.05, 0) is 18.2 Å². The van der Waals surface area contributed by atoms with Gasteiger partial charge in [-0.2, -0.15) is 13.2 Å². The number of anilines is 1. The summed E-state index contributed by atoms with van der Waals surface area (Å²) in [6.45, 7) is 6.27. The number of carbonyl (C=O) groups is 2. The van der Waals surface area contributed by atoms with Crippen molar-refractivity contribution in [1.29, 1.82) is 0 Å². The molecule has 0 aromatic heterocycles. The number of nitrogens with one attached hydrogen (secondary N) is 1. The van der Waals surface area contributed by atoms with E-state index in [4.69, 9.17) is 11.6 Å². The topological polar surface area (TPSA) is 49.4 Å². The van der Waals surface area contributed by atoms with Crippen LogP contribution in [0.1, 0.15) is 33.3 Å². The molecule has 0 heterocycles. The first-order valence-corrected chi connectivity index (χ1v) is 7.65. The van der Waals surface area contributed by atoms with Crippen LogP contribution in [0.3, 0.4) is 0 Å². The summed E-state index contributed by atoms with van der Waals surface area (Å²) in [4.78, 5) is 24.6. The van der Waals surface area contributed by atoms with Crippen molar-refractivity contribution in [3.05, 3.63) is 28.8 Å². The molecular formula is C16H20ClF3N2O2. The van der Waals surface area contributed by atoms with Crippen molar-refractivity contribution >= 4 is 29.1 Å². The number of carbonyl (C=O) groups excluding carboxylic acids is 2. The van der Waals surface area contributed by atoms with Crippen LogP contribution in [0.2, 0.25) is 5.02 Å². The van der Waals surface area contributed by atoms with Crippen LogP contribution < -0.4 is 10.2 Å². The number of nitrogens with zero attached hydrogens (tertiary/aromatic N) is 1. The van der Waals surface area contributed by atoms with Gasteiger partial charge in [-0.3, -0.25) is 9.59 Å². The van der Waals surface area contributed by atoms with Crippen molar-refractivity contribution in [1.82, 2.24) is 5.32 Å². The number of rotatable bonds is 4. The fourth-order valence-electron chi connectivity index (χ4n) is 1.96. The lowest BCUT2D eigenvalue weighted by Crippen LogP contribution is -2.41. The number of halogens is 4. The molecule has 0 unspecified atom stereocenters. The Labute approximate surface area is 144 Å². The van der Waals surface area contributed by atoms with E-state index in [1.54, 1.807) is 20.8 Å². The van der Waals surface area contributed by atoms with Gasteiger partial charge in [0.1, 0.15) is 0 Å². The third kappa shape index (κ3) is 5.40. The standard InChI is InChI=1S/C16H20ClF3N2O2/c1-10(23)22(8-7-21-14(24)15(2,3)4)13-6-5-11(17)9-12(13)16(18,19)20/h5-6,9H,7-8H2,1-4H3,(H,21,24). The number of hydrogen-bond acceptors (Lipinski definition) is 2. The fourth-order valence-corrected chi connectivity index (χ4v) is 2.14. The molecule has 1 rings (SSSR count). The van der Waals surface area contributed by atoms with Crippen molar-refractivity contribution in [2.45, 2.75) is 33.9 Å². The monoisotopic (exact) mass is 364 g/mol. The highest BCUT2D eigenvalue weighted by Gasteiger charge is 2.36. The van der Waals surface area contributed by atoms with E-state index in [1.807, 2.05) is 0 Å². The molecule has 0 atom stereocenters. The zero-order chi connectivity index (χ0) is 18.7. The van der Waals surface area contributed by atoms with Crippen molar-refractivity contribution in [3.63, 3.8) is 0 Å². The van der Waals surface area contributed by atoms with Crippen LogP contribution in [-0.4, -0.2) is 24.9 Å². The molecule has 0 aliphatic carbocycles. The van der Waals surface area contributed by atoms with Crippen LogP contribution >= 0.6 is 11.6 Å². The second-order valence-corrected chi connectivity index (χ2v) is 6.77. The van der Waals surface area contributed by atoms with Crippen LogP contribution in [0, 0.1) is 5.41 Å². The van der Waals surface area contributed by atoms with Crippen LogP contribution in [0.15, 0.2) is 18.2 Å². The minimum Gasteiger partial charge on any atom is -0.354 e. The highest BCUT2D eigenvalue weighted by Crippen LogP contribution is 2.38. The molecule has 4 nitrogen and oxygen atoms in total. The number of amides is 2. The predicted octanol–water partition coefficient (Wildman–Crippen LogP) is 3.87. The van der Waals surface area contributed by atoms with E-state index in [2.05, 4.69) is 5.32 Å². The van der Waals surface area contributed by atoms with Gasteiger partial charge in [0.15, 0.2) is 0 Å². The van der Waals surface area contributed by atoms with Gasteiger partial charge < -0.3 is 10.2 Å². The van der Waals surface area contributed by atoms with Crippen molar-refractivity contribution < 1.29 is 22.8 Å². The zero-order valence-corrected chi connectivity index (χ0v) is 14.7. The van der Waals surface area contributed by atoms with E-state index in [9.17, 15) is 22.8 Å². The number of benzene rings is 1.